The quantitative estimate of drug-likeness (QED) is 0.719. The summed E-state index contributed by atoms with van der Waals surface area (Å²) in [6, 6.07) is 4.80. The average Bonchev–Trinajstić information content (AvgIpc) is 3.09. The van der Waals surface area contributed by atoms with E-state index < -0.39 is 42.8 Å². The number of nitrogens with one attached hydrogen (secondary N) is 1. The maximum atomic E-state index is 12.4. The topological polar surface area (TPSA) is 94.2 Å². The number of carbonyl (C=O) groups excluding carboxylic acids is 3. The second kappa shape index (κ2) is 9.53. The number of likely N-dealkylation sites (tertiary alicyclic amines) is 1. The number of rotatable bonds is 6. The molecule has 29 heavy (non-hydrogen) atoms. The van der Waals surface area contributed by atoms with Crippen molar-refractivity contribution >= 4 is 23.7 Å². The van der Waals surface area contributed by atoms with Gasteiger partial charge >= 0.3 is 18.7 Å². The van der Waals surface area contributed by atoms with Crippen LogP contribution in [-0.4, -0.2) is 54.3 Å². The molecule has 2 amide bonds. The van der Waals surface area contributed by atoms with Crippen molar-refractivity contribution in [1.29, 1.82) is 0 Å². The molecule has 0 bridgehead atoms. The highest BCUT2D eigenvalue weighted by molar-refractivity contribution is 5.94. The molecule has 0 radical (unpaired) electrons. The van der Waals surface area contributed by atoms with Crippen molar-refractivity contribution < 1.29 is 37.4 Å². The second-order valence-electron chi connectivity index (χ2n) is 7.36. The van der Waals surface area contributed by atoms with Gasteiger partial charge in [-0.25, -0.2) is 9.59 Å². The average molecular weight is 414 g/mol. The van der Waals surface area contributed by atoms with Crippen LogP contribution in [0.4, 0.5) is 19.3 Å². The SMILES string of the molecule is CC(C)(C)OC(=O)N1CCC[C@H]1C(=O)OCC(=O)Nc1ccccc1OC(F)F. The highest BCUT2D eigenvalue weighted by atomic mass is 19.3. The third-order valence-electron chi connectivity index (χ3n) is 3.88. The molecule has 1 aromatic carbocycles. The molecule has 1 aliphatic heterocycles. The number of hydrogen-bond acceptors (Lipinski definition) is 6. The maximum absolute atomic E-state index is 12.4. The fourth-order valence-electron chi connectivity index (χ4n) is 2.74. The van der Waals surface area contributed by atoms with E-state index in [0.717, 1.165) is 0 Å². The Balaban J connectivity index is 1.90. The number of anilines is 1. The lowest BCUT2D eigenvalue weighted by Crippen LogP contribution is -2.44. The molecule has 160 valence electrons. The molecule has 2 rings (SSSR count). The predicted molar refractivity (Wildman–Crippen MR) is 98.6 cm³/mol. The third-order valence-corrected chi connectivity index (χ3v) is 3.88. The first-order valence-corrected chi connectivity index (χ1v) is 9.07. The van der Waals surface area contributed by atoms with Gasteiger partial charge in [0.15, 0.2) is 6.61 Å². The smallest absolute Gasteiger partial charge is 0.411 e. The van der Waals surface area contributed by atoms with Gasteiger partial charge in [-0.15, -0.1) is 0 Å². The van der Waals surface area contributed by atoms with E-state index in [1.165, 1.54) is 29.2 Å². The van der Waals surface area contributed by atoms with Crippen LogP contribution in [0.15, 0.2) is 24.3 Å². The lowest BCUT2D eigenvalue weighted by atomic mass is 10.2. The Hall–Kier alpha value is -2.91. The van der Waals surface area contributed by atoms with Gasteiger partial charge in [-0.1, -0.05) is 12.1 Å². The van der Waals surface area contributed by atoms with E-state index >= 15 is 0 Å². The van der Waals surface area contributed by atoms with E-state index in [0.29, 0.717) is 19.4 Å². The van der Waals surface area contributed by atoms with Crippen LogP contribution < -0.4 is 10.1 Å². The first-order chi connectivity index (χ1) is 13.6. The minimum Gasteiger partial charge on any atom is -0.454 e. The van der Waals surface area contributed by atoms with Crippen LogP contribution in [0.2, 0.25) is 0 Å². The summed E-state index contributed by atoms with van der Waals surface area (Å²) in [5.41, 5.74) is -0.688. The summed E-state index contributed by atoms with van der Waals surface area (Å²) >= 11 is 0. The van der Waals surface area contributed by atoms with Crippen molar-refractivity contribution in [2.75, 3.05) is 18.5 Å². The highest BCUT2D eigenvalue weighted by Crippen LogP contribution is 2.25. The molecule has 1 saturated heterocycles. The van der Waals surface area contributed by atoms with Gasteiger partial charge in [0.25, 0.3) is 5.91 Å². The molecule has 8 nitrogen and oxygen atoms in total. The molecule has 1 atom stereocenters. The van der Waals surface area contributed by atoms with Crippen LogP contribution in [0, 0.1) is 0 Å². The zero-order valence-corrected chi connectivity index (χ0v) is 16.4. The van der Waals surface area contributed by atoms with E-state index in [2.05, 4.69) is 10.1 Å². The van der Waals surface area contributed by atoms with Gasteiger partial charge < -0.3 is 19.5 Å². The second-order valence-corrected chi connectivity index (χ2v) is 7.36. The Morgan fingerprint density at radius 1 is 1.24 bits per heavy atom. The molecule has 1 fully saturated rings. The largest absolute Gasteiger partial charge is 0.454 e. The summed E-state index contributed by atoms with van der Waals surface area (Å²) in [4.78, 5) is 37.9. The Bertz CT molecular complexity index is 750. The number of halogens is 2. The highest BCUT2D eigenvalue weighted by Gasteiger charge is 2.37. The fourth-order valence-corrected chi connectivity index (χ4v) is 2.74. The molecule has 0 saturated carbocycles. The number of benzene rings is 1. The van der Waals surface area contributed by atoms with Gasteiger partial charge in [0.05, 0.1) is 5.69 Å². The number of alkyl halides is 2. The van der Waals surface area contributed by atoms with Crippen molar-refractivity contribution in [3.05, 3.63) is 24.3 Å². The molecule has 0 spiro atoms. The molecule has 1 heterocycles. The number of esters is 1. The third kappa shape index (κ3) is 6.88. The number of amides is 2. The molecular formula is C19H24F2N2O6. The maximum Gasteiger partial charge on any atom is 0.411 e. The van der Waals surface area contributed by atoms with E-state index in [-0.39, 0.29) is 11.4 Å². The van der Waals surface area contributed by atoms with E-state index in [1.807, 2.05) is 0 Å². The van der Waals surface area contributed by atoms with Crippen LogP contribution in [-0.2, 0) is 19.1 Å². The van der Waals surface area contributed by atoms with Gasteiger partial charge in [0.2, 0.25) is 0 Å². The van der Waals surface area contributed by atoms with Crippen LogP contribution in [0.5, 0.6) is 5.75 Å². The van der Waals surface area contributed by atoms with E-state index in [1.54, 1.807) is 20.8 Å². The molecule has 0 aromatic heterocycles. The molecule has 1 aliphatic rings. The van der Waals surface area contributed by atoms with Gasteiger partial charge in [-0.2, -0.15) is 8.78 Å². The summed E-state index contributed by atoms with van der Waals surface area (Å²) in [6.07, 6.45) is 0.369. The van der Waals surface area contributed by atoms with Crippen LogP contribution >= 0.6 is 0 Å². The van der Waals surface area contributed by atoms with Gasteiger partial charge in [0.1, 0.15) is 17.4 Å². The number of carbonyl (C=O) groups is 3. The zero-order chi connectivity index (χ0) is 21.6. The number of para-hydroxylation sites is 2. The van der Waals surface area contributed by atoms with Crippen molar-refractivity contribution in [2.45, 2.75) is 51.9 Å². The molecule has 1 N–H and O–H groups in total. The van der Waals surface area contributed by atoms with Gasteiger partial charge in [-0.05, 0) is 45.7 Å². The van der Waals surface area contributed by atoms with E-state index in [4.69, 9.17) is 9.47 Å². The van der Waals surface area contributed by atoms with Gasteiger partial charge in [0, 0.05) is 6.54 Å². The van der Waals surface area contributed by atoms with Crippen molar-refractivity contribution in [3.8, 4) is 5.75 Å². The Labute approximate surface area is 167 Å². The molecule has 0 aliphatic carbocycles. The number of hydrogen-bond donors (Lipinski definition) is 1. The van der Waals surface area contributed by atoms with Crippen molar-refractivity contribution in [2.24, 2.45) is 0 Å². The zero-order valence-electron chi connectivity index (χ0n) is 16.4. The summed E-state index contributed by atoms with van der Waals surface area (Å²) in [6.45, 7) is 1.81. The molecular weight excluding hydrogens is 390 g/mol. The first-order valence-electron chi connectivity index (χ1n) is 9.07. The number of nitrogens with zero attached hydrogens (tertiary/aromatic N) is 1. The van der Waals surface area contributed by atoms with Crippen LogP contribution in [0.25, 0.3) is 0 Å². The lowest BCUT2D eigenvalue weighted by Gasteiger charge is -2.27. The summed E-state index contributed by atoms with van der Waals surface area (Å²) in [5, 5.41) is 2.35. The monoisotopic (exact) mass is 414 g/mol. The standard InChI is InChI=1S/C19H24F2N2O6/c1-19(2,3)29-18(26)23-10-6-8-13(23)16(25)27-11-15(24)22-12-7-4-5-9-14(12)28-17(20)21/h4-5,7,9,13,17H,6,8,10-11H2,1-3H3,(H,22,24)/t13-/m0/s1. The molecule has 10 heteroatoms. The molecule has 1 aromatic rings. The summed E-state index contributed by atoms with van der Waals surface area (Å²) in [7, 11) is 0. The number of ether oxygens (including phenoxy) is 3. The van der Waals surface area contributed by atoms with Crippen LogP contribution in [0.3, 0.4) is 0 Å². The minimum absolute atomic E-state index is 0.0186. The normalized spacial score (nSPS) is 16.5. The lowest BCUT2D eigenvalue weighted by molar-refractivity contribution is -0.151. The predicted octanol–water partition coefficient (Wildman–Crippen LogP) is 3.17. The minimum atomic E-state index is -3.05. The first kappa shape index (κ1) is 22.4. The summed E-state index contributed by atoms with van der Waals surface area (Å²) < 4.78 is 39.4. The summed E-state index contributed by atoms with van der Waals surface area (Å²) in [5.74, 6) is -1.68. The van der Waals surface area contributed by atoms with Crippen molar-refractivity contribution in [1.82, 2.24) is 4.90 Å². The Kier molecular flexibility index (Phi) is 7.35. The van der Waals surface area contributed by atoms with Crippen molar-refractivity contribution in [3.63, 3.8) is 0 Å². The Morgan fingerprint density at radius 3 is 2.59 bits per heavy atom. The van der Waals surface area contributed by atoms with Gasteiger partial charge in [-0.3, -0.25) is 9.69 Å². The van der Waals surface area contributed by atoms with Crippen LogP contribution in [0.1, 0.15) is 33.6 Å². The Morgan fingerprint density at radius 2 is 1.93 bits per heavy atom. The van der Waals surface area contributed by atoms with E-state index in [9.17, 15) is 23.2 Å². The molecule has 0 unspecified atom stereocenters. The fraction of sp³-hybridized carbons (Fsp3) is 0.526.